The quantitative estimate of drug-likeness (QED) is 0.817. The minimum atomic E-state index is 0.743. The second kappa shape index (κ2) is 6.42. The molecule has 1 aromatic carbocycles. The highest BCUT2D eigenvalue weighted by Gasteiger charge is 2.13. The van der Waals surface area contributed by atoms with Crippen molar-refractivity contribution in [2.75, 3.05) is 13.2 Å². The Morgan fingerprint density at radius 1 is 1.11 bits per heavy atom. The average Bonchev–Trinajstić information content (AvgIpc) is 2.97. The molecular formula is C17H25NO. The van der Waals surface area contributed by atoms with Crippen molar-refractivity contribution in [3.63, 3.8) is 0 Å². The van der Waals surface area contributed by atoms with E-state index in [1.165, 1.54) is 62.6 Å². The fraction of sp³-hybridized carbons (Fsp3) is 0.647. The van der Waals surface area contributed by atoms with E-state index in [0.717, 1.165) is 24.8 Å². The molecule has 0 bridgehead atoms. The molecule has 1 N–H and O–H groups in total. The second-order valence-corrected chi connectivity index (χ2v) is 5.92. The van der Waals surface area contributed by atoms with Crippen LogP contribution in [-0.4, -0.2) is 19.2 Å². The lowest BCUT2D eigenvalue weighted by atomic mass is 9.92. The van der Waals surface area contributed by atoms with Gasteiger partial charge >= 0.3 is 0 Å². The molecule has 1 atom stereocenters. The van der Waals surface area contributed by atoms with Gasteiger partial charge in [0.1, 0.15) is 5.75 Å². The maximum atomic E-state index is 5.90. The number of fused-ring (bicyclic) bond motifs is 1. The normalized spacial score (nSPS) is 22.2. The van der Waals surface area contributed by atoms with Gasteiger partial charge in [0, 0.05) is 6.04 Å². The molecule has 3 rings (SSSR count). The zero-order valence-corrected chi connectivity index (χ0v) is 11.8. The minimum absolute atomic E-state index is 0.743. The van der Waals surface area contributed by atoms with Crippen LogP contribution in [0.3, 0.4) is 0 Å². The standard InChI is InChI=1S/C17H25NO/c1-2-6-15-13-17(10-9-14(15)5-1)19-12-4-8-16-7-3-11-18-16/h9-10,13,16,18H,1-8,11-12H2. The third-order valence-electron chi connectivity index (χ3n) is 4.45. The number of aryl methyl sites for hydroxylation is 2. The summed E-state index contributed by atoms with van der Waals surface area (Å²) in [6.07, 6.45) is 10.3. The Kier molecular flexibility index (Phi) is 4.39. The summed E-state index contributed by atoms with van der Waals surface area (Å²) in [6, 6.07) is 7.43. The Morgan fingerprint density at radius 2 is 2.00 bits per heavy atom. The second-order valence-electron chi connectivity index (χ2n) is 5.92. The zero-order chi connectivity index (χ0) is 12.9. The van der Waals surface area contributed by atoms with Gasteiger partial charge in [-0.15, -0.1) is 0 Å². The molecule has 1 fully saturated rings. The summed E-state index contributed by atoms with van der Waals surface area (Å²) >= 11 is 0. The van der Waals surface area contributed by atoms with Gasteiger partial charge in [-0.25, -0.2) is 0 Å². The molecule has 1 saturated heterocycles. The van der Waals surface area contributed by atoms with Gasteiger partial charge in [-0.1, -0.05) is 6.07 Å². The van der Waals surface area contributed by atoms with Crippen molar-refractivity contribution in [1.29, 1.82) is 0 Å². The topological polar surface area (TPSA) is 21.3 Å². The lowest BCUT2D eigenvalue weighted by Gasteiger charge is -2.17. The predicted molar refractivity (Wildman–Crippen MR) is 78.8 cm³/mol. The van der Waals surface area contributed by atoms with Crippen molar-refractivity contribution in [1.82, 2.24) is 5.32 Å². The van der Waals surface area contributed by atoms with E-state index in [1.807, 2.05) is 0 Å². The molecule has 0 radical (unpaired) electrons. The van der Waals surface area contributed by atoms with Gasteiger partial charge in [-0.2, -0.15) is 0 Å². The molecule has 1 aliphatic carbocycles. The molecule has 19 heavy (non-hydrogen) atoms. The van der Waals surface area contributed by atoms with Gasteiger partial charge in [-0.3, -0.25) is 0 Å². The summed E-state index contributed by atoms with van der Waals surface area (Å²) in [6.45, 7) is 2.06. The van der Waals surface area contributed by atoms with Crippen molar-refractivity contribution < 1.29 is 4.74 Å². The summed E-state index contributed by atoms with van der Waals surface area (Å²) in [5.74, 6) is 1.07. The van der Waals surface area contributed by atoms with Crippen LogP contribution in [0, 0.1) is 0 Å². The molecule has 1 aromatic rings. The molecule has 1 aliphatic heterocycles. The molecule has 2 nitrogen and oxygen atoms in total. The monoisotopic (exact) mass is 259 g/mol. The molecule has 1 heterocycles. The van der Waals surface area contributed by atoms with Crippen molar-refractivity contribution in [3.8, 4) is 5.75 Å². The molecule has 0 saturated carbocycles. The highest BCUT2D eigenvalue weighted by atomic mass is 16.5. The zero-order valence-electron chi connectivity index (χ0n) is 11.8. The largest absolute Gasteiger partial charge is 0.494 e. The number of ether oxygens (including phenoxy) is 1. The highest BCUT2D eigenvalue weighted by molar-refractivity contribution is 5.37. The molecular weight excluding hydrogens is 234 g/mol. The number of rotatable bonds is 5. The number of hydrogen-bond acceptors (Lipinski definition) is 2. The van der Waals surface area contributed by atoms with Gasteiger partial charge in [0.05, 0.1) is 6.61 Å². The van der Waals surface area contributed by atoms with Gasteiger partial charge in [0.15, 0.2) is 0 Å². The van der Waals surface area contributed by atoms with E-state index in [-0.39, 0.29) is 0 Å². The Hall–Kier alpha value is -1.02. The molecule has 0 spiro atoms. The van der Waals surface area contributed by atoms with Crippen LogP contribution < -0.4 is 10.1 Å². The fourth-order valence-corrected chi connectivity index (χ4v) is 3.32. The Bertz CT molecular complexity index is 410. The predicted octanol–water partition coefficient (Wildman–Crippen LogP) is 3.48. The average molecular weight is 259 g/mol. The van der Waals surface area contributed by atoms with Crippen molar-refractivity contribution >= 4 is 0 Å². The molecule has 2 aliphatic rings. The van der Waals surface area contributed by atoms with Crippen molar-refractivity contribution in [2.24, 2.45) is 0 Å². The molecule has 0 aromatic heterocycles. The van der Waals surface area contributed by atoms with Crippen LogP contribution in [0.25, 0.3) is 0 Å². The van der Waals surface area contributed by atoms with E-state index >= 15 is 0 Å². The van der Waals surface area contributed by atoms with Gasteiger partial charge in [-0.05, 0) is 81.2 Å². The number of benzene rings is 1. The summed E-state index contributed by atoms with van der Waals surface area (Å²) in [5, 5.41) is 3.54. The van der Waals surface area contributed by atoms with Gasteiger partial charge in [0.25, 0.3) is 0 Å². The number of hydrogen-bond donors (Lipinski definition) is 1. The Balaban J connectivity index is 1.44. The Labute approximate surface area is 116 Å². The van der Waals surface area contributed by atoms with E-state index in [0.29, 0.717) is 0 Å². The van der Waals surface area contributed by atoms with Crippen LogP contribution in [0.4, 0.5) is 0 Å². The van der Waals surface area contributed by atoms with Crippen LogP contribution in [0.15, 0.2) is 18.2 Å². The maximum Gasteiger partial charge on any atom is 0.119 e. The summed E-state index contributed by atoms with van der Waals surface area (Å²) in [4.78, 5) is 0. The van der Waals surface area contributed by atoms with E-state index in [1.54, 1.807) is 0 Å². The first-order valence-electron chi connectivity index (χ1n) is 7.90. The lowest BCUT2D eigenvalue weighted by Crippen LogP contribution is -2.21. The first-order valence-corrected chi connectivity index (χ1v) is 7.90. The molecule has 104 valence electrons. The third kappa shape index (κ3) is 3.50. The Morgan fingerprint density at radius 3 is 2.84 bits per heavy atom. The van der Waals surface area contributed by atoms with E-state index < -0.39 is 0 Å². The van der Waals surface area contributed by atoms with Crippen molar-refractivity contribution in [3.05, 3.63) is 29.3 Å². The smallest absolute Gasteiger partial charge is 0.119 e. The van der Waals surface area contributed by atoms with Crippen LogP contribution in [0.2, 0.25) is 0 Å². The fourth-order valence-electron chi connectivity index (χ4n) is 3.32. The highest BCUT2D eigenvalue weighted by Crippen LogP contribution is 2.25. The first kappa shape index (κ1) is 13.0. The summed E-state index contributed by atoms with van der Waals surface area (Å²) in [5.41, 5.74) is 3.05. The van der Waals surface area contributed by atoms with Gasteiger partial charge in [0.2, 0.25) is 0 Å². The summed E-state index contributed by atoms with van der Waals surface area (Å²) < 4.78 is 5.90. The molecule has 1 unspecified atom stereocenters. The maximum absolute atomic E-state index is 5.90. The van der Waals surface area contributed by atoms with Crippen LogP contribution >= 0.6 is 0 Å². The SMILES string of the molecule is c1cc2c(cc1OCCCC1CCCN1)CCCC2. The summed E-state index contributed by atoms with van der Waals surface area (Å²) in [7, 11) is 0. The lowest BCUT2D eigenvalue weighted by molar-refractivity contribution is 0.298. The van der Waals surface area contributed by atoms with E-state index in [9.17, 15) is 0 Å². The first-order chi connectivity index (χ1) is 9.42. The van der Waals surface area contributed by atoms with Crippen LogP contribution in [0.5, 0.6) is 5.75 Å². The third-order valence-corrected chi connectivity index (χ3v) is 4.45. The van der Waals surface area contributed by atoms with Gasteiger partial charge < -0.3 is 10.1 Å². The van der Waals surface area contributed by atoms with Crippen LogP contribution in [0.1, 0.15) is 49.7 Å². The van der Waals surface area contributed by atoms with Crippen molar-refractivity contribution in [2.45, 2.75) is 57.4 Å². The minimum Gasteiger partial charge on any atom is -0.494 e. The van der Waals surface area contributed by atoms with E-state index in [4.69, 9.17) is 4.74 Å². The molecule has 0 amide bonds. The number of nitrogens with one attached hydrogen (secondary N) is 1. The van der Waals surface area contributed by atoms with E-state index in [2.05, 4.69) is 23.5 Å². The molecule has 2 heteroatoms. The van der Waals surface area contributed by atoms with Crippen LogP contribution in [-0.2, 0) is 12.8 Å².